The van der Waals surface area contributed by atoms with E-state index in [1.165, 1.54) is 36.4 Å². The van der Waals surface area contributed by atoms with Crippen LogP contribution in [0.15, 0.2) is 90.2 Å². The molecular weight excluding hydrogens is 463 g/mol. The maximum Gasteiger partial charge on any atom is 0.573 e. The van der Waals surface area contributed by atoms with Crippen LogP contribution in [0, 0.1) is 0 Å². The minimum Gasteiger partial charge on any atom is -0.508 e. The average Bonchev–Trinajstić information content (AvgIpc) is 3.08. The van der Waals surface area contributed by atoms with E-state index in [-0.39, 0.29) is 23.4 Å². The lowest BCUT2D eigenvalue weighted by atomic mass is 9.93. The largest absolute Gasteiger partial charge is 0.573 e. The molecule has 9 heteroatoms. The molecule has 3 aromatic carbocycles. The van der Waals surface area contributed by atoms with Crippen molar-refractivity contribution < 1.29 is 37.7 Å². The van der Waals surface area contributed by atoms with Crippen LogP contribution >= 0.6 is 0 Å². The van der Waals surface area contributed by atoms with Crippen LogP contribution in [0.5, 0.6) is 11.5 Å². The Balaban J connectivity index is 1.72. The molecular formula is C26H20F3NO5. The van der Waals surface area contributed by atoms with Gasteiger partial charge in [-0.15, -0.1) is 13.2 Å². The van der Waals surface area contributed by atoms with Gasteiger partial charge in [0.2, 0.25) is 0 Å². The van der Waals surface area contributed by atoms with E-state index in [1.807, 2.05) is 30.3 Å². The zero-order valence-corrected chi connectivity index (χ0v) is 18.2. The zero-order chi connectivity index (χ0) is 25.2. The summed E-state index contributed by atoms with van der Waals surface area (Å²) in [7, 11) is 0. The van der Waals surface area contributed by atoms with Crippen LogP contribution in [-0.2, 0) is 16.0 Å². The second-order valence-electron chi connectivity index (χ2n) is 7.89. The zero-order valence-electron chi connectivity index (χ0n) is 18.2. The molecule has 0 saturated heterocycles. The highest BCUT2D eigenvalue weighted by molar-refractivity contribution is 6.16. The van der Waals surface area contributed by atoms with Crippen LogP contribution < -0.4 is 9.64 Å². The van der Waals surface area contributed by atoms with Crippen molar-refractivity contribution in [2.24, 2.45) is 0 Å². The first kappa shape index (κ1) is 23.9. The number of carbonyl (C=O) groups excluding carboxylic acids is 2. The monoisotopic (exact) mass is 483 g/mol. The molecule has 1 unspecified atom stereocenters. The highest BCUT2D eigenvalue weighted by Crippen LogP contribution is 2.42. The van der Waals surface area contributed by atoms with E-state index in [1.54, 1.807) is 0 Å². The van der Waals surface area contributed by atoms with Gasteiger partial charge in [-0.05, 0) is 41.8 Å². The Kier molecular flexibility index (Phi) is 6.50. The Morgan fingerprint density at radius 3 is 2.29 bits per heavy atom. The third-order valence-corrected chi connectivity index (χ3v) is 5.53. The lowest BCUT2D eigenvalue weighted by Crippen LogP contribution is -2.31. The minimum absolute atomic E-state index is 0.00364. The predicted octanol–water partition coefficient (Wildman–Crippen LogP) is 5.39. The van der Waals surface area contributed by atoms with Crippen molar-refractivity contribution in [1.82, 2.24) is 0 Å². The quantitative estimate of drug-likeness (QED) is 0.470. The molecule has 0 radical (unpaired) electrons. The van der Waals surface area contributed by atoms with E-state index >= 15 is 0 Å². The van der Waals surface area contributed by atoms with Gasteiger partial charge < -0.3 is 14.9 Å². The average molecular weight is 483 g/mol. The molecule has 6 nitrogen and oxygen atoms in total. The SMILES string of the molecule is O=C(CCc1ccccc1)C1=C(O)C(=O)N(c2cccc(OC(F)(F)F)c2)C1c1ccc(O)cc1. The van der Waals surface area contributed by atoms with E-state index in [4.69, 9.17) is 0 Å². The molecule has 0 aromatic heterocycles. The van der Waals surface area contributed by atoms with Gasteiger partial charge >= 0.3 is 6.36 Å². The number of carbonyl (C=O) groups is 2. The van der Waals surface area contributed by atoms with Crippen LogP contribution in [0.3, 0.4) is 0 Å². The molecule has 180 valence electrons. The third-order valence-electron chi connectivity index (χ3n) is 5.53. The number of rotatable bonds is 7. The number of aliphatic hydroxyl groups excluding tert-OH is 1. The van der Waals surface area contributed by atoms with Gasteiger partial charge in [-0.1, -0.05) is 48.5 Å². The summed E-state index contributed by atoms with van der Waals surface area (Å²) in [5.41, 5.74) is 1.09. The molecule has 0 fully saturated rings. The molecule has 1 aliphatic rings. The number of Topliss-reactive ketones (excluding diaryl/α,β-unsaturated/α-hetero) is 1. The fourth-order valence-corrected chi connectivity index (χ4v) is 4.00. The highest BCUT2D eigenvalue weighted by atomic mass is 19.4. The molecule has 35 heavy (non-hydrogen) atoms. The van der Waals surface area contributed by atoms with Crippen LogP contribution in [0.2, 0.25) is 0 Å². The van der Waals surface area contributed by atoms with Crippen molar-refractivity contribution in [2.75, 3.05) is 4.90 Å². The molecule has 0 aliphatic carbocycles. The van der Waals surface area contributed by atoms with Crippen LogP contribution in [0.25, 0.3) is 0 Å². The van der Waals surface area contributed by atoms with Crippen molar-refractivity contribution in [3.63, 3.8) is 0 Å². The number of ketones is 1. The van der Waals surface area contributed by atoms with Crippen LogP contribution in [-0.4, -0.2) is 28.3 Å². The first-order valence-electron chi connectivity index (χ1n) is 10.6. The Morgan fingerprint density at radius 2 is 1.63 bits per heavy atom. The molecule has 1 amide bonds. The topological polar surface area (TPSA) is 87.1 Å². The molecule has 1 atom stereocenters. The van der Waals surface area contributed by atoms with Gasteiger partial charge in [0.1, 0.15) is 11.5 Å². The van der Waals surface area contributed by atoms with Gasteiger partial charge in [-0.2, -0.15) is 0 Å². The summed E-state index contributed by atoms with van der Waals surface area (Å²) in [5.74, 6) is -2.81. The van der Waals surface area contributed by atoms with Crippen LogP contribution in [0.4, 0.5) is 18.9 Å². The molecule has 0 spiro atoms. The number of alkyl halides is 3. The number of ether oxygens (including phenoxy) is 1. The third kappa shape index (κ3) is 5.29. The molecule has 4 rings (SSSR count). The number of phenolic OH excluding ortho intramolecular Hbond substituents is 1. The molecule has 0 saturated carbocycles. The number of benzene rings is 3. The predicted molar refractivity (Wildman–Crippen MR) is 121 cm³/mol. The normalized spacial score (nSPS) is 16.0. The van der Waals surface area contributed by atoms with Crippen LogP contribution in [0.1, 0.15) is 23.6 Å². The van der Waals surface area contributed by atoms with E-state index in [9.17, 15) is 33.0 Å². The fourth-order valence-electron chi connectivity index (χ4n) is 4.00. The van der Waals surface area contributed by atoms with E-state index < -0.39 is 35.6 Å². The number of aliphatic hydroxyl groups is 1. The van der Waals surface area contributed by atoms with Crippen molar-refractivity contribution in [3.05, 3.63) is 101 Å². The van der Waals surface area contributed by atoms with E-state index in [0.29, 0.717) is 12.0 Å². The molecule has 3 aromatic rings. The Bertz CT molecular complexity index is 1270. The van der Waals surface area contributed by atoms with Gasteiger partial charge in [0.05, 0.1) is 11.6 Å². The highest BCUT2D eigenvalue weighted by Gasteiger charge is 2.44. The van der Waals surface area contributed by atoms with Gasteiger partial charge in [-0.25, -0.2) is 0 Å². The van der Waals surface area contributed by atoms with Gasteiger partial charge in [0, 0.05) is 18.2 Å². The van der Waals surface area contributed by atoms with Crippen molar-refractivity contribution in [2.45, 2.75) is 25.2 Å². The van der Waals surface area contributed by atoms with Gasteiger partial charge in [0.15, 0.2) is 11.5 Å². The summed E-state index contributed by atoms with van der Waals surface area (Å²) in [6.07, 6.45) is -4.58. The summed E-state index contributed by atoms with van der Waals surface area (Å²) >= 11 is 0. The number of hydrogen-bond donors (Lipinski definition) is 2. The van der Waals surface area contributed by atoms with Gasteiger partial charge in [0.25, 0.3) is 5.91 Å². The maximum absolute atomic E-state index is 13.2. The number of nitrogens with zero attached hydrogens (tertiary/aromatic N) is 1. The smallest absolute Gasteiger partial charge is 0.508 e. The summed E-state index contributed by atoms with van der Waals surface area (Å²) in [4.78, 5) is 27.4. The molecule has 2 N–H and O–H groups in total. The Hall–Kier alpha value is -4.27. The molecule has 1 aliphatic heterocycles. The number of anilines is 1. The second-order valence-corrected chi connectivity index (χ2v) is 7.89. The number of aryl methyl sites for hydroxylation is 1. The minimum atomic E-state index is -4.94. The number of halogens is 3. The summed E-state index contributed by atoms with van der Waals surface area (Å²) in [5, 5.41) is 20.4. The van der Waals surface area contributed by atoms with Crippen molar-refractivity contribution >= 4 is 17.4 Å². The number of amides is 1. The molecule has 0 bridgehead atoms. The van der Waals surface area contributed by atoms with Crippen molar-refractivity contribution in [1.29, 1.82) is 0 Å². The fraction of sp³-hybridized carbons (Fsp3) is 0.154. The van der Waals surface area contributed by atoms with E-state index in [2.05, 4.69) is 4.74 Å². The van der Waals surface area contributed by atoms with E-state index in [0.717, 1.165) is 22.6 Å². The Morgan fingerprint density at radius 1 is 0.943 bits per heavy atom. The van der Waals surface area contributed by atoms with Gasteiger partial charge in [-0.3, -0.25) is 14.5 Å². The first-order chi connectivity index (χ1) is 16.6. The lowest BCUT2D eigenvalue weighted by Gasteiger charge is -2.27. The second kappa shape index (κ2) is 9.54. The maximum atomic E-state index is 13.2. The molecule has 1 heterocycles. The standard InChI is InChI=1S/C26H20F3NO5/c27-26(28,29)35-20-8-4-7-18(15-20)30-23(17-10-12-19(31)13-11-17)22(24(33)25(30)34)21(32)14-9-16-5-2-1-3-6-16/h1-8,10-13,15,23,31,33H,9,14H2. The number of phenols is 1. The summed E-state index contributed by atoms with van der Waals surface area (Å²) in [6.45, 7) is 0. The summed E-state index contributed by atoms with van der Waals surface area (Å²) < 4.78 is 42.2. The number of hydrogen-bond acceptors (Lipinski definition) is 5. The summed E-state index contributed by atoms with van der Waals surface area (Å²) in [6, 6.07) is 18.4. The lowest BCUT2D eigenvalue weighted by molar-refractivity contribution is -0.274. The van der Waals surface area contributed by atoms with Crippen molar-refractivity contribution in [3.8, 4) is 11.5 Å². The first-order valence-corrected chi connectivity index (χ1v) is 10.6. The number of aromatic hydroxyl groups is 1. The Labute approximate surface area is 198 Å².